The minimum atomic E-state index is -0.0141. The van der Waals surface area contributed by atoms with Gasteiger partial charge < -0.3 is 14.5 Å². The van der Waals surface area contributed by atoms with Gasteiger partial charge in [-0.1, -0.05) is 39.0 Å². The summed E-state index contributed by atoms with van der Waals surface area (Å²) in [6.07, 6.45) is 1.69. The molecule has 0 radical (unpaired) electrons. The molecule has 0 atom stereocenters. The Morgan fingerprint density at radius 3 is 2.46 bits per heavy atom. The number of aryl methyl sites for hydroxylation is 1. The molecule has 1 aliphatic rings. The zero-order chi connectivity index (χ0) is 17.5. The monoisotopic (exact) mass is 332 g/mol. The van der Waals surface area contributed by atoms with E-state index in [1.54, 1.807) is 0 Å². The fraction of sp³-hybridized carbons (Fsp3) is 0.579. The van der Waals surface area contributed by atoms with E-state index >= 15 is 0 Å². The van der Waals surface area contributed by atoms with E-state index < -0.39 is 0 Å². The Morgan fingerprint density at radius 2 is 1.75 bits per heavy atom. The second-order valence-corrected chi connectivity index (χ2v) is 6.46. The Balaban J connectivity index is 1.88. The SMILES string of the molecule is CCc1ccccc1OCC(=O)N1CCCN(C(=O)C(C)C)CC1. The molecule has 1 aromatic carbocycles. The van der Waals surface area contributed by atoms with Crippen LogP contribution in [0.2, 0.25) is 0 Å². The van der Waals surface area contributed by atoms with E-state index in [0.717, 1.165) is 30.7 Å². The molecule has 0 aromatic heterocycles. The molecular weight excluding hydrogens is 304 g/mol. The zero-order valence-corrected chi connectivity index (χ0v) is 15.0. The van der Waals surface area contributed by atoms with Crippen LogP contribution in [0.4, 0.5) is 0 Å². The van der Waals surface area contributed by atoms with Crippen molar-refractivity contribution in [3.05, 3.63) is 29.8 Å². The molecule has 0 spiro atoms. The smallest absolute Gasteiger partial charge is 0.260 e. The molecule has 2 rings (SSSR count). The van der Waals surface area contributed by atoms with Crippen molar-refractivity contribution < 1.29 is 14.3 Å². The molecule has 0 bridgehead atoms. The Bertz CT molecular complexity index is 571. The van der Waals surface area contributed by atoms with Crippen LogP contribution in [0, 0.1) is 5.92 Å². The van der Waals surface area contributed by atoms with E-state index in [9.17, 15) is 9.59 Å². The van der Waals surface area contributed by atoms with Gasteiger partial charge in [0.2, 0.25) is 5.91 Å². The van der Waals surface area contributed by atoms with Crippen molar-refractivity contribution in [1.29, 1.82) is 0 Å². The summed E-state index contributed by atoms with van der Waals surface area (Å²) in [5.74, 6) is 0.929. The molecule has 1 saturated heterocycles. The van der Waals surface area contributed by atoms with Gasteiger partial charge in [0, 0.05) is 32.1 Å². The number of carbonyl (C=O) groups is 2. The average molecular weight is 332 g/mol. The van der Waals surface area contributed by atoms with Gasteiger partial charge in [-0.15, -0.1) is 0 Å². The van der Waals surface area contributed by atoms with Crippen molar-refractivity contribution in [1.82, 2.24) is 9.80 Å². The maximum absolute atomic E-state index is 12.4. The third-order valence-corrected chi connectivity index (χ3v) is 4.36. The molecule has 1 fully saturated rings. The second-order valence-electron chi connectivity index (χ2n) is 6.46. The molecule has 5 nitrogen and oxygen atoms in total. The highest BCUT2D eigenvalue weighted by atomic mass is 16.5. The first kappa shape index (κ1) is 18.3. The number of ether oxygens (including phenoxy) is 1. The lowest BCUT2D eigenvalue weighted by Gasteiger charge is -2.23. The van der Waals surface area contributed by atoms with Gasteiger partial charge in [0.05, 0.1) is 0 Å². The van der Waals surface area contributed by atoms with Crippen LogP contribution < -0.4 is 4.74 Å². The summed E-state index contributed by atoms with van der Waals surface area (Å²) >= 11 is 0. The summed E-state index contributed by atoms with van der Waals surface area (Å²) in [5.41, 5.74) is 1.11. The molecule has 0 unspecified atom stereocenters. The third kappa shape index (κ3) is 4.73. The molecule has 0 aliphatic carbocycles. The lowest BCUT2D eigenvalue weighted by atomic mass is 10.1. The van der Waals surface area contributed by atoms with Crippen LogP contribution >= 0.6 is 0 Å². The predicted molar refractivity (Wildman–Crippen MR) is 93.9 cm³/mol. The van der Waals surface area contributed by atoms with Crippen LogP contribution in [-0.4, -0.2) is 54.4 Å². The molecular formula is C19H28N2O3. The Morgan fingerprint density at radius 1 is 1.08 bits per heavy atom. The van der Waals surface area contributed by atoms with Crippen molar-refractivity contribution in [2.24, 2.45) is 5.92 Å². The molecule has 132 valence electrons. The molecule has 1 aliphatic heterocycles. The number of amides is 2. The highest BCUT2D eigenvalue weighted by Gasteiger charge is 2.23. The van der Waals surface area contributed by atoms with E-state index in [4.69, 9.17) is 4.74 Å². The van der Waals surface area contributed by atoms with Crippen LogP contribution in [-0.2, 0) is 16.0 Å². The molecule has 5 heteroatoms. The number of benzene rings is 1. The van der Waals surface area contributed by atoms with E-state index in [1.165, 1.54) is 0 Å². The van der Waals surface area contributed by atoms with E-state index in [2.05, 4.69) is 6.92 Å². The Hall–Kier alpha value is -2.04. The first-order chi connectivity index (χ1) is 11.5. The largest absolute Gasteiger partial charge is 0.483 e. The van der Waals surface area contributed by atoms with Gasteiger partial charge in [0.1, 0.15) is 5.75 Å². The van der Waals surface area contributed by atoms with Gasteiger partial charge in [-0.3, -0.25) is 9.59 Å². The standard InChI is InChI=1S/C19H28N2O3/c1-4-16-8-5-6-9-17(16)24-14-18(22)20-10-7-11-21(13-12-20)19(23)15(2)3/h5-6,8-9,15H,4,7,10-14H2,1-3H3. The third-order valence-electron chi connectivity index (χ3n) is 4.36. The van der Waals surface area contributed by atoms with E-state index in [1.807, 2.05) is 47.9 Å². The number of hydrogen-bond acceptors (Lipinski definition) is 3. The fourth-order valence-electron chi connectivity index (χ4n) is 2.92. The normalized spacial score (nSPS) is 15.3. The second kappa shape index (κ2) is 8.71. The van der Waals surface area contributed by atoms with Crippen molar-refractivity contribution in [2.45, 2.75) is 33.6 Å². The first-order valence-electron chi connectivity index (χ1n) is 8.80. The average Bonchev–Trinajstić information content (AvgIpc) is 2.85. The van der Waals surface area contributed by atoms with Crippen LogP contribution in [0.15, 0.2) is 24.3 Å². The van der Waals surface area contributed by atoms with Crippen molar-refractivity contribution >= 4 is 11.8 Å². The minimum absolute atomic E-state index is 0.00105. The van der Waals surface area contributed by atoms with Crippen molar-refractivity contribution in [3.8, 4) is 5.75 Å². The van der Waals surface area contributed by atoms with Gasteiger partial charge in [0.15, 0.2) is 6.61 Å². The Labute approximate surface area is 144 Å². The summed E-state index contributed by atoms with van der Waals surface area (Å²) < 4.78 is 5.72. The predicted octanol–water partition coefficient (Wildman–Crippen LogP) is 2.34. The number of rotatable bonds is 5. The molecule has 1 aromatic rings. The highest BCUT2D eigenvalue weighted by Crippen LogP contribution is 2.18. The highest BCUT2D eigenvalue weighted by molar-refractivity contribution is 5.79. The maximum atomic E-state index is 12.4. The van der Waals surface area contributed by atoms with Gasteiger partial charge >= 0.3 is 0 Å². The Kier molecular flexibility index (Phi) is 6.64. The lowest BCUT2D eigenvalue weighted by molar-refractivity contribution is -0.136. The van der Waals surface area contributed by atoms with Gasteiger partial charge in [-0.05, 0) is 24.5 Å². The summed E-state index contributed by atoms with van der Waals surface area (Å²) in [6, 6.07) is 7.81. The lowest BCUT2D eigenvalue weighted by Crippen LogP contribution is -2.40. The molecule has 1 heterocycles. The van der Waals surface area contributed by atoms with Gasteiger partial charge in [-0.25, -0.2) is 0 Å². The molecule has 24 heavy (non-hydrogen) atoms. The van der Waals surface area contributed by atoms with Crippen LogP contribution in [0.5, 0.6) is 5.75 Å². The number of carbonyl (C=O) groups excluding carboxylic acids is 2. The minimum Gasteiger partial charge on any atom is -0.483 e. The number of hydrogen-bond donors (Lipinski definition) is 0. The summed E-state index contributed by atoms with van der Waals surface area (Å²) in [6.45, 7) is 8.53. The fourth-order valence-corrected chi connectivity index (χ4v) is 2.92. The summed E-state index contributed by atoms with van der Waals surface area (Å²) in [5, 5.41) is 0. The summed E-state index contributed by atoms with van der Waals surface area (Å²) in [7, 11) is 0. The van der Waals surface area contributed by atoms with Crippen LogP contribution in [0.25, 0.3) is 0 Å². The molecule has 0 saturated carbocycles. The van der Waals surface area contributed by atoms with Crippen LogP contribution in [0.1, 0.15) is 32.8 Å². The van der Waals surface area contributed by atoms with Gasteiger partial charge in [0.25, 0.3) is 5.91 Å². The first-order valence-corrected chi connectivity index (χ1v) is 8.80. The van der Waals surface area contributed by atoms with Crippen molar-refractivity contribution in [2.75, 3.05) is 32.8 Å². The zero-order valence-electron chi connectivity index (χ0n) is 15.0. The van der Waals surface area contributed by atoms with E-state index in [0.29, 0.717) is 19.6 Å². The topological polar surface area (TPSA) is 49.9 Å². The van der Waals surface area contributed by atoms with Gasteiger partial charge in [-0.2, -0.15) is 0 Å². The van der Waals surface area contributed by atoms with Crippen molar-refractivity contribution in [3.63, 3.8) is 0 Å². The van der Waals surface area contributed by atoms with Crippen LogP contribution in [0.3, 0.4) is 0 Å². The molecule has 2 amide bonds. The summed E-state index contributed by atoms with van der Waals surface area (Å²) in [4.78, 5) is 28.2. The number of para-hydroxylation sites is 1. The maximum Gasteiger partial charge on any atom is 0.260 e. The quantitative estimate of drug-likeness (QED) is 0.832. The number of nitrogens with zero attached hydrogens (tertiary/aromatic N) is 2. The van der Waals surface area contributed by atoms with E-state index in [-0.39, 0.29) is 24.3 Å². The molecule has 0 N–H and O–H groups in total.